The molecule has 3 rings (SSSR count). The molecule has 2 heterocycles. The zero-order valence-corrected chi connectivity index (χ0v) is 16.4. The van der Waals surface area contributed by atoms with Crippen LogP contribution in [-0.2, 0) is 4.79 Å². The fourth-order valence-electron chi connectivity index (χ4n) is 3.04. The highest BCUT2D eigenvalue weighted by atomic mass is 16.2. The first kappa shape index (κ1) is 19.3. The molecule has 0 aliphatic heterocycles. The lowest BCUT2D eigenvalue weighted by Gasteiger charge is -2.17. The molecule has 28 heavy (non-hydrogen) atoms. The van der Waals surface area contributed by atoms with Crippen LogP contribution in [0.4, 0.5) is 5.82 Å². The van der Waals surface area contributed by atoms with Crippen LogP contribution in [0.25, 0.3) is 5.69 Å². The van der Waals surface area contributed by atoms with Crippen LogP contribution in [0, 0.1) is 20.8 Å². The predicted molar refractivity (Wildman–Crippen MR) is 108 cm³/mol. The molecule has 0 unspecified atom stereocenters. The van der Waals surface area contributed by atoms with Crippen molar-refractivity contribution in [1.82, 2.24) is 19.7 Å². The quantitative estimate of drug-likeness (QED) is 0.741. The lowest BCUT2D eigenvalue weighted by molar-refractivity contribution is -0.116. The molecule has 1 N–H and O–H groups in total. The molecule has 0 spiro atoms. The monoisotopic (exact) mass is 377 g/mol. The van der Waals surface area contributed by atoms with Crippen molar-refractivity contribution in [2.75, 3.05) is 18.9 Å². The first-order valence-corrected chi connectivity index (χ1v) is 8.96. The Bertz CT molecular complexity index is 1010. The number of para-hydroxylation sites is 1. The Labute approximate surface area is 164 Å². The van der Waals surface area contributed by atoms with E-state index in [0.29, 0.717) is 17.1 Å². The van der Waals surface area contributed by atoms with E-state index in [2.05, 4.69) is 15.4 Å². The number of aryl methyl sites for hydroxylation is 2. The number of amides is 2. The second-order valence-corrected chi connectivity index (χ2v) is 6.72. The molecule has 0 saturated heterocycles. The summed E-state index contributed by atoms with van der Waals surface area (Å²) in [5.74, 6) is -0.0839. The Morgan fingerprint density at radius 1 is 1.11 bits per heavy atom. The Balaban J connectivity index is 1.75. The molecule has 0 atom stereocenters. The molecular weight excluding hydrogens is 354 g/mol. The van der Waals surface area contributed by atoms with Crippen LogP contribution in [0.1, 0.15) is 27.3 Å². The molecular formula is C21H23N5O2. The molecule has 0 aliphatic carbocycles. The summed E-state index contributed by atoms with van der Waals surface area (Å²) in [5, 5.41) is 7.21. The van der Waals surface area contributed by atoms with Crippen molar-refractivity contribution in [3.63, 3.8) is 0 Å². The van der Waals surface area contributed by atoms with Gasteiger partial charge in [-0.2, -0.15) is 5.10 Å². The van der Waals surface area contributed by atoms with Crippen LogP contribution in [0.2, 0.25) is 0 Å². The number of anilines is 1. The van der Waals surface area contributed by atoms with E-state index in [0.717, 1.165) is 16.9 Å². The number of likely N-dealkylation sites (N-methyl/N-ethyl adjacent to an activating group) is 1. The summed E-state index contributed by atoms with van der Waals surface area (Å²) in [6.45, 7) is 5.49. The number of nitrogens with one attached hydrogen (secondary N) is 1. The molecule has 0 bridgehead atoms. The summed E-state index contributed by atoms with van der Waals surface area (Å²) in [6.07, 6.45) is 1.63. The minimum atomic E-state index is -0.306. The SMILES string of the molecule is Cc1ccnc(NC(=O)CN(C)C(=O)c2c(C)nn(-c3ccccc3)c2C)c1. The van der Waals surface area contributed by atoms with Crippen molar-refractivity contribution in [3.05, 3.63) is 71.2 Å². The second kappa shape index (κ2) is 8.04. The van der Waals surface area contributed by atoms with Gasteiger partial charge in [-0.15, -0.1) is 0 Å². The van der Waals surface area contributed by atoms with E-state index >= 15 is 0 Å². The molecule has 1 aromatic carbocycles. The van der Waals surface area contributed by atoms with E-state index in [1.165, 1.54) is 4.90 Å². The van der Waals surface area contributed by atoms with Crippen LogP contribution in [0.15, 0.2) is 48.7 Å². The third-order valence-electron chi connectivity index (χ3n) is 4.42. The number of rotatable bonds is 5. The van der Waals surface area contributed by atoms with Gasteiger partial charge < -0.3 is 10.2 Å². The van der Waals surface area contributed by atoms with Gasteiger partial charge in [-0.3, -0.25) is 9.59 Å². The number of benzene rings is 1. The number of carbonyl (C=O) groups excluding carboxylic acids is 2. The van der Waals surface area contributed by atoms with E-state index in [4.69, 9.17) is 0 Å². The van der Waals surface area contributed by atoms with E-state index in [9.17, 15) is 9.59 Å². The van der Waals surface area contributed by atoms with Gasteiger partial charge >= 0.3 is 0 Å². The van der Waals surface area contributed by atoms with Gasteiger partial charge in [0.2, 0.25) is 5.91 Å². The summed E-state index contributed by atoms with van der Waals surface area (Å²) in [5.41, 5.74) is 3.75. The Kier molecular flexibility index (Phi) is 5.54. The number of hydrogen-bond donors (Lipinski definition) is 1. The van der Waals surface area contributed by atoms with Crippen molar-refractivity contribution in [2.24, 2.45) is 0 Å². The maximum atomic E-state index is 12.9. The number of aromatic nitrogens is 3. The van der Waals surface area contributed by atoms with Crippen LogP contribution >= 0.6 is 0 Å². The highest BCUT2D eigenvalue weighted by molar-refractivity contribution is 6.00. The van der Waals surface area contributed by atoms with Gasteiger partial charge in [0.25, 0.3) is 5.91 Å². The predicted octanol–water partition coefficient (Wildman–Crippen LogP) is 2.90. The molecule has 0 aliphatic rings. The molecule has 0 saturated carbocycles. The lowest BCUT2D eigenvalue weighted by Crippen LogP contribution is -2.35. The molecule has 144 valence electrons. The van der Waals surface area contributed by atoms with E-state index in [-0.39, 0.29) is 18.4 Å². The van der Waals surface area contributed by atoms with Crippen LogP contribution in [0.3, 0.4) is 0 Å². The van der Waals surface area contributed by atoms with Crippen molar-refractivity contribution >= 4 is 17.6 Å². The smallest absolute Gasteiger partial charge is 0.257 e. The molecule has 7 heteroatoms. The molecule has 2 aromatic heterocycles. The van der Waals surface area contributed by atoms with Crippen molar-refractivity contribution in [3.8, 4) is 5.69 Å². The van der Waals surface area contributed by atoms with Crippen LogP contribution in [-0.4, -0.2) is 45.1 Å². The lowest BCUT2D eigenvalue weighted by atomic mass is 10.1. The van der Waals surface area contributed by atoms with Crippen molar-refractivity contribution in [2.45, 2.75) is 20.8 Å². The fraction of sp³-hybridized carbons (Fsp3) is 0.238. The van der Waals surface area contributed by atoms with Gasteiger partial charge in [0.1, 0.15) is 5.82 Å². The number of hydrogen-bond acceptors (Lipinski definition) is 4. The fourth-order valence-corrected chi connectivity index (χ4v) is 3.04. The number of nitrogens with zero attached hydrogens (tertiary/aromatic N) is 4. The standard InChI is InChI=1S/C21H23N5O2/c1-14-10-11-22-18(12-14)23-19(27)13-25(4)21(28)20-15(2)24-26(16(20)3)17-8-6-5-7-9-17/h5-12H,13H2,1-4H3,(H,22,23,27). The third-order valence-corrected chi connectivity index (χ3v) is 4.42. The molecule has 3 aromatic rings. The normalized spacial score (nSPS) is 10.6. The summed E-state index contributed by atoms with van der Waals surface area (Å²) < 4.78 is 1.74. The van der Waals surface area contributed by atoms with E-state index < -0.39 is 0 Å². The minimum absolute atomic E-state index is 0.0795. The largest absolute Gasteiger partial charge is 0.332 e. The van der Waals surface area contributed by atoms with Gasteiger partial charge in [-0.25, -0.2) is 9.67 Å². The van der Waals surface area contributed by atoms with Crippen molar-refractivity contribution in [1.29, 1.82) is 0 Å². The topological polar surface area (TPSA) is 80.1 Å². The van der Waals surface area contributed by atoms with Gasteiger partial charge in [0, 0.05) is 13.2 Å². The Morgan fingerprint density at radius 2 is 1.82 bits per heavy atom. The Morgan fingerprint density at radius 3 is 2.50 bits per heavy atom. The average Bonchev–Trinajstić information content (AvgIpc) is 2.96. The van der Waals surface area contributed by atoms with Gasteiger partial charge in [-0.1, -0.05) is 18.2 Å². The van der Waals surface area contributed by atoms with Crippen LogP contribution < -0.4 is 5.32 Å². The highest BCUT2D eigenvalue weighted by Gasteiger charge is 2.23. The maximum Gasteiger partial charge on any atom is 0.257 e. The molecule has 7 nitrogen and oxygen atoms in total. The van der Waals surface area contributed by atoms with Crippen molar-refractivity contribution < 1.29 is 9.59 Å². The summed E-state index contributed by atoms with van der Waals surface area (Å²) in [7, 11) is 1.60. The summed E-state index contributed by atoms with van der Waals surface area (Å²) in [6, 6.07) is 13.3. The number of pyridine rings is 1. The third kappa shape index (κ3) is 4.09. The summed E-state index contributed by atoms with van der Waals surface area (Å²) in [4.78, 5) is 30.7. The van der Waals surface area contributed by atoms with E-state index in [1.807, 2.05) is 50.2 Å². The Hall–Kier alpha value is -3.48. The van der Waals surface area contributed by atoms with Crippen LogP contribution in [0.5, 0.6) is 0 Å². The molecule has 0 radical (unpaired) electrons. The zero-order chi connectivity index (χ0) is 20.3. The zero-order valence-electron chi connectivity index (χ0n) is 16.4. The molecule has 0 fully saturated rings. The van der Waals surface area contributed by atoms with Gasteiger partial charge in [-0.05, 0) is 50.6 Å². The first-order valence-electron chi connectivity index (χ1n) is 8.96. The highest BCUT2D eigenvalue weighted by Crippen LogP contribution is 2.19. The molecule has 2 amide bonds. The van der Waals surface area contributed by atoms with Gasteiger partial charge in [0.15, 0.2) is 0 Å². The second-order valence-electron chi connectivity index (χ2n) is 6.72. The maximum absolute atomic E-state index is 12.9. The minimum Gasteiger partial charge on any atom is -0.332 e. The number of carbonyl (C=O) groups is 2. The van der Waals surface area contributed by atoms with E-state index in [1.54, 1.807) is 30.9 Å². The van der Waals surface area contributed by atoms with Gasteiger partial charge in [0.05, 0.1) is 29.2 Å². The first-order chi connectivity index (χ1) is 13.4. The average molecular weight is 377 g/mol. The summed E-state index contributed by atoms with van der Waals surface area (Å²) >= 11 is 0.